The smallest absolute Gasteiger partial charge is 0.276 e. The molecular formula is C18H23N5O2. The molecule has 3 aromatic rings. The van der Waals surface area contributed by atoms with Crippen molar-refractivity contribution in [1.82, 2.24) is 24.4 Å². The fourth-order valence-electron chi connectivity index (χ4n) is 3.02. The normalized spacial score (nSPS) is 11.5. The van der Waals surface area contributed by atoms with Gasteiger partial charge < -0.3 is 14.8 Å². The highest BCUT2D eigenvalue weighted by Crippen LogP contribution is 2.15. The molecule has 0 spiro atoms. The Bertz CT molecular complexity index is 969. The first-order chi connectivity index (χ1) is 12.1. The highest BCUT2D eigenvalue weighted by Gasteiger charge is 2.12. The number of carbonyl (C=O) groups is 1. The summed E-state index contributed by atoms with van der Waals surface area (Å²) in [4.78, 5) is 27.1. The molecular weight excluding hydrogens is 318 g/mol. The zero-order chi connectivity index (χ0) is 18.0. The van der Waals surface area contributed by atoms with E-state index >= 15 is 0 Å². The van der Waals surface area contributed by atoms with E-state index in [0.29, 0.717) is 23.1 Å². The first-order valence-electron chi connectivity index (χ1n) is 8.53. The van der Waals surface area contributed by atoms with Crippen LogP contribution in [-0.4, -0.2) is 51.2 Å². The van der Waals surface area contributed by atoms with Crippen LogP contribution in [0.5, 0.6) is 0 Å². The summed E-state index contributed by atoms with van der Waals surface area (Å²) in [6.07, 6.45) is 1.60. The van der Waals surface area contributed by atoms with Gasteiger partial charge in [-0.25, -0.2) is 4.52 Å². The second-order valence-electron chi connectivity index (χ2n) is 5.98. The molecule has 7 nitrogen and oxygen atoms in total. The zero-order valence-electron chi connectivity index (χ0n) is 14.8. The fraction of sp³-hybridized carbons (Fsp3) is 0.389. The van der Waals surface area contributed by atoms with E-state index in [9.17, 15) is 9.59 Å². The number of amides is 1. The van der Waals surface area contributed by atoms with Crippen LogP contribution in [0.1, 0.15) is 24.2 Å². The van der Waals surface area contributed by atoms with E-state index < -0.39 is 0 Å². The van der Waals surface area contributed by atoms with Gasteiger partial charge in [-0.1, -0.05) is 13.8 Å². The Morgan fingerprint density at radius 3 is 2.64 bits per heavy atom. The lowest BCUT2D eigenvalue weighted by atomic mass is 10.1. The first-order valence-corrected chi connectivity index (χ1v) is 8.53. The van der Waals surface area contributed by atoms with Gasteiger partial charge in [0.25, 0.3) is 11.5 Å². The molecule has 132 valence electrons. The lowest BCUT2D eigenvalue weighted by molar-refractivity contribution is 0.0949. The van der Waals surface area contributed by atoms with Crippen molar-refractivity contribution in [1.29, 1.82) is 0 Å². The minimum Gasteiger partial charge on any atom is -0.351 e. The number of fused-ring (bicyclic) bond motifs is 3. The van der Waals surface area contributed by atoms with Gasteiger partial charge in [0, 0.05) is 25.7 Å². The van der Waals surface area contributed by atoms with Crippen LogP contribution in [0.25, 0.3) is 16.6 Å². The summed E-state index contributed by atoms with van der Waals surface area (Å²) in [6.45, 7) is 7.54. The largest absolute Gasteiger partial charge is 0.351 e. The van der Waals surface area contributed by atoms with Crippen LogP contribution in [0.4, 0.5) is 0 Å². The summed E-state index contributed by atoms with van der Waals surface area (Å²) >= 11 is 0. The van der Waals surface area contributed by atoms with E-state index in [4.69, 9.17) is 0 Å². The van der Waals surface area contributed by atoms with Crippen molar-refractivity contribution in [2.24, 2.45) is 7.05 Å². The Hall–Kier alpha value is -2.67. The number of rotatable bonds is 6. The molecule has 7 heteroatoms. The number of carbonyl (C=O) groups excluding carboxylic acids is 1. The predicted molar refractivity (Wildman–Crippen MR) is 98.1 cm³/mol. The maximum Gasteiger partial charge on any atom is 0.276 e. The molecule has 0 atom stereocenters. The van der Waals surface area contributed by atoms with Gasteiger partial charge >= 0.3 is 0 Å². The molecule has 2 aromatic heterocycles. The Morgan fingerprint density at radius 1 is 1.16 bits per heavy atom. The lowest BCUT2D eigenvalue weighted by Crippen LogP contribution is -2.34. The number of likely N-dealkylation sites (N-methyl/N-ethyl adjacent to an activating group) is 1. The molecule has 25 heavy (non-hydrogen) atoms. The first kappa shape index (κ1) is 17.2. The molecule has 2 heterocycles. The average Bonchev–Trinajstić information content (AvgIpc) is 3.12. The molecule has 1 N–H and O–H groups in total. The lowest BCUT2D eigenvalue weighted by Gasteiger charge is -2.18. The Kier molecular flexibility index (Phi) is 4.85. The summed E-state index contributed by atoms with van der Waals surface area (Å²) in [5.74, 6) is -0.137. The molecule has 0 unspecified atom stereocenters. The van der Waals surface area contributed by atoms with Crippen LogP contribution in [0, 0.1) is 0 Å². The number of aromatic nitrogens is 3. The van der Waals surface area contributed by atoms with Gasteiger partial charge in [0.15, 0.2) is 0 Å². The second-order valence-corrected chi connectivity index (χ2v) is 5.98. The van der Waals surface area contributed by atoms with E-state index in [1.165, 1.54) is 0 Å². The SMILES string of the molecule is CCN(CC)CCNC(=O)c1ccc2c(c1)n(C)c(=O)c1ccnn12. The van der Waals surface area contributed by atoms with Crippen LogP contribution >= 0.6 is 0 Å². The van der Waals surface area contributed by atoms with E-state index in [-0.39, 0.29) is 11.5 Å². The molecule has 0 aliphatic rings. The molecule has 0 bridgehead atoms. The van der Waals surface area contributed by atoms with Crippen LogP contribution in [0.15, 0.2) is 35.3 Å². The number of hydrogen-bond acceptors (Lipinski definition) is 4. The molecule has 1 amide bonds. The van der Waals surface area contributed by atoms with E-state index in [2.05, 4.69) is 29.2 Å². The van der Waals surface area contributed by atoms with Crippen molar-refractivity contribution in [3.8, 4) is 0 Å². The monoisotopic (exact) mass is 341 g/mol. The van der Waals surface area contributed by atoms with Gasteiger partial charge in [0.2, 0.25) is 0 Å². The van der Waals surface area contributed by atoms with Crippen molar-refractivity contribution in [2.75, 3.05) is 26.2 Å². The van der Waals surface area contributed by atoms with Gasteiger partial charge in [-0.2, -0.15) is 5.10 Å². The molecule has 1 aromatic carbocycles. The summed E-state index contributed by atoms with van der Waals surface area (Å²) in [7, 11) is 1.71. The summed E-state index contributed by atoms with van der Waals surface area (Å²) in [6, 6.07) is 7.02. The fourth-order valence-corrected chi connectivity index (χ4v) is 3.02. The topological polar surface area (TPSA) is 71.6 Å². The Morgan fingerprint density at radius 2 is 1.92 bits per heavy atom. The van der Waals surface area contributed by atoms with Gasteiger partial charge in [-0.05, 0) is 37.4 Å². The molecule has 0 fully saturated rings. The minimum atomic E-state index is -0.137. The summed E-state index contributed by atoms with van der Waals surface area (Å²) < 4.78 is 3.17. The third-order valence-electron chi connectivity index (χ3n) is 4.60. The van der Waals surface area contributed by atoms with E-state index in [1.54, 1.807) is 40.5 Å². The van der Waals surface area contributed by atoms with Gasteiger partial charge in [-0.15, -0.1) is 0 Å². The van der Waals surface area contributed by atoms with Crippen molar-refractivity contribution >= 4 is 22.5 Å². The maximum atomic E-state index is 12.4. The number of benzene rings is 1. The quantitative estimate of drug-likeness (QED) is 0.733. The summed E-state index contributed by atoms with van der Waals surface area (Å²) in [5.41, 5.74) is 2.39. The number of aryl methyl sites for hydroxylation is 1. The third-order valence-corrected chi connectivity index (χ3v) is 4.60. The Labute approximate surface area is 145 Å². The van der Waals surface area contributed by atoms with E-state index in [1.807, 2.05) is 6.07 Å². The second kappa shape index (κ2) is 7.06. The standard InChI is InChI=1S/C18H23N5O2/c1-4-22(5-2)11-10-19-17(24)13-6-7-14-16(12-13)21(3)18(25)15-8-9-20-23(14)15/h6-9,12H,4-5,10-11H2,1-3H3,(H,19,24). The van der Waals surface area contributed by atoms with Crippen molar-refractivity contribution in [3.63, 3.8) is 0 Å². The molecule has 0 aliphatic heterocycles. The van der Waals surface area contributed by atoms with Crippen LogP contribution < -0.4 is 10.9 Å². The van der Waals surface area contributed by atoms with Crippen molar-refractivity contribution < 1.29 is 4.79 Å². The minimum absolute atomic E-state index is 0.135. The molecule has 0 saturated carbocycles. The summed E-state index contributed by atoms with van der Waals surface area (Å²) in [5, 5.41) is 7.15. The average molecular weight is 341 g/mol. The van der Waals surface area contributed by atoms with Gasteiger partial charge in [0.05, 0.1) is 17.2 Å². The number of hydrogen-bond donors (Lipinski definition) is 1. The van der Waals surface area contributed by atoms with Crippen LogP contribution in [-0.2, 0) is 7.05 Å². The van der Waals surface area contributed by atoms with Gasteiger partial charge in [-0.3, -0.25) is 9.59 Å². The van der Waals surface area contributed by atoms with Crippen LogP contribution in [0.3, 0.4) is 0 Å². The number of nitrogens with zero attached hydrogens (tertiary/aromatic N) is 4. The van der Waals surface area contributed by atoms with Crippen molar-refractivity contribution in [3.05, 3.63) is 46.4 Å². The highest BCUT2D eigenvalue weighted by molar-refractivity contribution is 5.97. The molecule has 3 rings (SSSR count). The Balaban J connectivity index is 1.88. The molecule has 0 radical (unpaired) electrons. The third kappa shape index (κ3) is 3.15. The maximum absolute atomic E-state index is 12.4. The van der Waals surface area contributed by atoms with Gasteiger partial charge in [0.1, 0.15) is 5.52 Å². The highest BCUT2D eigenvalue weighted by atomic mass is 16.1. The predicted octanol–water partition coefficient (Wildman–Crippen LogP) is 1.26. The zero-order valence-corrected chi connectivity index (χ0v) is 14.8. The number of nitrogens with one attached hydrogen (secondary N) is 1. The van der Waals surface area contributed by atoms with Crippen molar-refractivity contribution in [2.45, 2.75) is 13.8 Å². The molecule has 0 saturated heterocycles. The van der Waals surface area contributed by atoms with E-state index in [0.717, 1.165) is 25.2 Å². The molecule has 0 aliphatic carbocycles. The van der Waals surface area contributed by atoms with Crippen LogP contribution in [0.2, 0.25) is 0 Å².